The summed E-state index contributed by atoms with van der Waals surface area (Å²) < 4.78 is 15.9. The third-order valence-corrected chi connectivity index (χ3v) is 3.21. The summed E-state index contributed by atoms with van der Waals surface area (Å²) in [4.78, 5) is 4.39. The van der Waals surface area contributed by atoms with Gasteiger partial charge in [-0.05, 0) is 42.5 Å². The molecule has 4 rings (SSSR count). The van der Waals surface area contributed by atoms with E-state index < -0.39 is 0 Å². The fourth-order valence-corrected chi connectivity index (χ4v) is 2.12. The summed E-state index contributed by atoms with van der Waals surface area (Å²) in [5, 5.41) is 4.00. The normalized spacial score (nSPS) is 12.6. The van der Waals surface area contributed by atoms with Crippen LogP contribution in [0.1, 0.15) is 0 Å². The minimum atomic E-state index is 0.238. The smallest absolute Gasteiger partial charge is 0.258 e. The van der Waals surface area contributed by atoms with Crippen LogP contribution in [0, 0.1) is 0 Å². The minimum absolute atomic E-state index is 0.238. The maximum absolute atomic E-state index is 5.66. The maximum Gasteiger partial charge on any atom is 0.258 e. The number of hydrogen-bond donors (Lipinski definition) is 1. The lowest BCUT2D eigenvalue weighted by Crippen LogP contribution is -1.92. The molecule has 6 heteroatoms. The van der Waals surface area contributed by atoms with Gasteiger partial charge in [0.25, 0.3) is 5.89 Å². The van der Waals surface area contributed by atoms with Crippen LogP contribution < -0.4 is 15.2 Å². The average Bonchev–Trinajstić information content (AvgIpc) is 3.16. The highest BCUT2D eigenvalue weighted by atomic mass is 16.7. The van der Waals surface area contributed by atoms with Crippen LogP contribution in [0.3, 0.4) is 0 Å². The second-order valence-corrected chi connectivity index (χ2v) is 4.61. The predicted molar refractivity (Wildman–Crippen MR) is 75.7 cm³/mol. The van der Waals surface area contributed by atoms with Gasteiger partial charge < -0.3 is 19.7 Å². The number of anilines is 1. The predicted octanol–water partition coefficient (Wildman–Crippen LogP) is 2.71. The zero-order chi connectivity index (χ0) is 14.2. The zero-order valence-corrected chi connectivity index (χ0v) is 10.9. The van der Waals surface area contributed by atoms with Gasteiger partial charge in [0, 0.05) is 16.8 Å². The third kappa shape index (κ3) is 2.06. The van der Waals surface area contributed by atoms with E-state index in [-0.39, 0.29) is 6.79 Å². The molecule has 2 N–H and O–H groups in total. The Morgan fingerprint density at radius 1 is 0.905 bits per heavy atom. The summed E-state index contributed by atoms with van der Waals surface area (Å²) in [5.41, 5.74) is 7.98. The van der Waals surface area contributed by atoms with Gasteiger partial charge in [-0.3, -0.25) is 0 Å². The van der Waals surface area contributed by atoms with E-state index in [1.54, 1.807) is 12.1 Å². The molecule has 2 aromatic carbocycles. The highest BCUT2D eigenvalue weighted by Crippen LogP contribution is 2.35. The fourth-order valence-electron chi connectivity index (χ4n) is 2.12. The Balaban J connectivity index is 1.69. The molecule has 1 aromatic heterocycles. The van der Waals surface area contributed by atoms with Gasteiger partial charge in [-0.2, -0.15) is 4.98 Å². The van der Waals surface area contributed by atoms with Crippen molar-refractivity contribution < 1.29 is 14.0 Å². The summed E-state index contributed by atoms with van der Waals surface area (Å²) >= 11 is 0. The molecule has 2 heterocycles. The SMILES string of the molecule is Nc1ccc(-c2nc(-c3ccc4c(c3)OCO4)no2)cc1. The van der Waals surface area contributed by atoms with Crippen LogP contribution in [0.5, 0.6) is 11.5 Å². The molecular formula is C15H11N3O3. The van der Waals surface area contributed by atoms with Crippen LogP contribution >= 0.6 is 0 Å². The van der Waals surface area contributed by atoms with Gasteiger partial charge in [0.15, 0.2) is 11.5 Å². The Kier molecular flexibility index (Phi) is 2.53. The first kappa shape index (κ1) is 11.8. The number of nitrogens with zero attached hydrogens (tertiary/aromatic N) is 2. The number of ether oxygens (including phenoxy) is 2. The van der Waals surface area contributed by atoms with E-state index in [9.17, 15) is 0 Å². The van der Waals surface area contributed by atoms with Crippen LogP contribution in [0.4, 0.5) is 5.69 Å². The largest absolute Gasteiger partial charge is 0.454 e. The number of fused-ring (bicyclic) bond motifs is 1. The lowest BCUT2D eigenvalue weighted by molar-refractivity contribution is 0.174. The summed E-state index contributed by atoms with van der Waals surface area (Å²) in [7, 11) is 0. The maximum atomic E-state index is 5.66. The number of rotatable bonds is 2. The lowest BCUT2D eigenvalue weighted by Gasteiger charge is -1.97. The van der Waals surface area contributed by atoms with E-state index in [2.05, 4.69) is 10.1 Å². The molecule has 0 spiro atoms. The summed E-state index contributed by atoms with van der Waals surface area (Å²) in [6.07, 6.45) is 0. The third-order valence-electron chi connectivity index (χ3n) is 3.21. The molecule has 0 fully saturated rings. The molecular weight excluding hydrogens is 270 g/mol. The fraction of sp³-hybridized carbons (Fsp3) is 0.0667. The molecule has 0 aliphatic carbocycles. The van der Waals surface area contributed by atoms with E-state index in [1.165, 1.54) is 0 Å². The van der Waals surface area contributed by atoms with Crippen LogP contribution in [0.15, 0.2) is 47.0 Å². The second-order valence-electron chi connectivity index (χ2n) is 4.61. The van der Waals surface area contributed by atoms with E-state index in [4.69, 9.17) is 19.7 Å². The van der Waals surface area contributed by atoms with Gasteiger partial charge in [-0.1, -0.05) is 5.16 Å². The molecule has 0 unspecified atom stereocenters. The van der Waals surface area contributed by atoms with Crippen molar-refractivity contribution in [1.82, 2.24) is 10.1 Å². The first-order valence-electron chi connectivity index (χ1n) is 6.39. The summed E-state index contributed by atoms with van der Waals surface area (Å²) in [5.74, 6) is 2.36. The van der Waals surface area contributed by atoms with Crippen LogP contribution in [-0.2, 0) is 0 Å². The van der Waals surface area contributed by atoms with Gasteiger partial charge in [-0.15, -0.1) is 0 Å². The van der Waals surface area contributed by atoms with E-state index in [0.717, 1.165) is 16.9 Å². The van der Waals surface area contributed by atoms with Crippen molar-refractivity contribution in [2.45, 2.75) is 0 Å². The van der Waals surface area contributed by atoms with Crippen molar-refractivity contribution in [3.63, 3.8) is 0 Å². The van der Waals surface area contributed by atoms with Crippen LogP contribution in [0.25, 0.3) is 22.8 Å². The Morgan fingerprint density at radius 3 is 2.52 bits per heavy atom. The van der Waals surface area contributed by atoms with E-state index in [1.807, 2.05) is 30.3 Å². The standard InChI is InChI=1S/C15H11N3O3/c16-11-4-1-9(2-5-11)15-17-14(18-21-15)10-3-6-12-13(7-10)20-8-19-12/h1-7H,8,16H2. The molecule has 21 heavy (non-hydrogen) atoms. The highest BCUT2D eigenvalue weighted by molar-refractivity contribution is 5.64. The van der Waals surface area contributed by atoms with Crippen molar-refractivity contribution in [2.24, 2.45) is 0 Å². The van der Waals surface area contributed by atoms with Crippen molar-refractivity contribution in [3.05, 3.63) is 42.5 Å². The van der Waals surface area contributed by atoms with Crippen molar-refractivity contribution in [3.8, 4) is 34.3 Å². The quantitative estimate of drug-likeness (QED) is 0.727. The summed E-state index contributed by atoms with van der Waals surface area (Å²) in [6.45, 7) is 0.238. The number of nitrogens with two attached hydrogens (primary N) is 1. The Morgan fingerprint density at radius 2 is 1.67 bits per heavy atom. The molecule has 1 aliphatic heterocycles. The lowest BCUT2D eigenvalue weighted by atomic mass is 10.2. The Labute approximate surface area is 120 Å². The van der Waals surface area contributed by atoms with Crippen molar-refractivity contribution in [2.75, 3.05) is 12.5 Å². The molecule has 1 aliphatic rings. The monoisotopic (exact) mass is 281 g/mol. The van der Waals surface area contributed by atoms with Crippen molar-refractivity contribution in [1.29, 1.82) is 0 Å². The Bertz CT molecular complexity index is 796. The van der Waals surface area contributed by atoms with E-state index >= 15 is 0 Å². The average molecular weight is 281 g/mol. The number of benzene rings is 2. The molecule has 0 saturated heterocycles. The Hall–Kier alpha value is -3.02. The van der Waals surface area contributed by atoms with Crippen LogP contribution in [0.2, 0.25) is 0 Å². The molecule has 3 aromatic rings. The second kappa shape index (κ2) is 4.52. The van der Waals surface area contributed by atoms with Gasteiger partial charge in [0.05, 0.1) is 0 Å². The molecule has 6 nitrogen and oxygen atoms in total. The molecule has 0 saturated carbocycles. The summed E-state index contributed by atoms with van der Waals surface area (Å²) in [6, 6.07) is 12.8. The van der Waals surface area contributed by atoms with Gasteiger partial charge >= 0.3 is 0 Å². The topological polar surface area (TPSA) is 83.4 Å². The van der Waals surface area contributed by atoms with E-state index in [0.29, 0.717) is 23.2 Å². The molecule has 0 atom stereocenters. The van der Waals surface area contributed by atoms with Gasteiger partial charge in [-0.25, -0.2) is 0 Å². The number of nitrogen functional groups attached to an aromatic ring is 1. The first-order valence-corrected chi connectivity index (χ1v) is 6.39. The van der Waals surface area contributed by atoms with Gasteiger partial charge in [0.2, 0.25) is 12.6 Å². The van der Waals surface area contributed by atoms with Gasteiger partial charge in [0.1, 0.15) is 0 Å². The minimum Gasteiger partial charge on any atom is -0.454 e. The molecule has 104 valence electrons. The number of aromatic nitrogens is 2. The zero-order valence-electron chi connectivity index (χ0n) is 10.9. The van der Waals surface area contributed by atoms with Crippen LogP contribution in [-0.4, -0.2) is 16.9 Å². The van der Waals surface area contributed by atoms with Crippen molar-refractivity contribution >= 4 is 5.69 Å². The molecule has 0 bridgehead atoms. The first-order chi connectivity index (χ1) is 10.3. The molecule has 0 amide bonds. The number of hydrogen-bond acceptors (Lipinski definition) is 6. The molecule has 0 radical (unpaired) electrons. The highest BCUT2D eigenvalue weighted by Gasteiger charge is 2.16.